The summed E-state index contributed by atoms with van der Waals surface area (Å²) in [6.45, 7) is 3.95. The van der Waals surface area contributed by atoms with E-state index in [1.165, 1.54) is 11.8 Å². The summed E-state index contributed by atoms with van der Waals surface area (Å²) in [5, 5.41) is 1.24. The first-order valence-electron chi connectivity index (χ1n) is 7.78. The minimum atomic E-state index is -0.0631. The zero-order valence-corrected chi connectivity index (χ0v) is 13.7. The van der Waals surface area contributed by atoms with Crippen LogP contribution < -0.4 is 5.56 Å². The molecule has 1 heterocycles. The van der Waals surface area contributed by atoms with E-state index < -0.39 is 0 Å². The lowest BCUT2D eigenvalue weighted by Crippen LogP contribution is -2.28. The molecule has 2 aromatic rings. The van der Waals surface area contributed by atoms with E-state index >= 15 is 0 Å². The summed E-state index contributed by atoms with van der Waals surface area (Å²) >= 11 is 1.46. The molecule has 0 saturated heterocycles. The fourth-order valence-corrected chi connectivity index (χ4v) is 4.21. The van der Waals surface area contributed by atoms with E-state index in [1.807, 2.05) is 38.1 Å². The van der Waals surface area contributed by atoms with Crippen molar-refractivity contribution in [3.8, 4) is 0 Å². The molecule has 22 heavy (non-hydrogen) atoms. The Balaban J connectivity index is 2.09. The number of fused-ring (bicyclic) bond motifs is 1. The van der Waals surface area contributed by atoms with Gasteiger partial charge in [-0.15, -0.1) is 0 Å². The second kappa shape index (κ2) is 6.24. The molecule has 1 saturated carbocycles. The number of Topliss-reactive ketones (excluding diaryl/α,β-unsaturated/α-hetero) is 1. The standard InChI is InChI=1S/C17H20N2O2S/c1-11(2)19-16(21)12-7-3-4-8-13(12)18-17(19)22-15-10-6-5-9-14(15)20/h3-4,7-8,11,15H,5-6,9-10H2,1-2H3/t15-/m1/s1. The molecule has 0 N–H and O–H groups in total. The average Bonchev–Trinajstić information content (AvgIpc) is 2.49. The Kier molecular flexibility index (Phi) is 4.34. The normalized spacial score (nSPS) is 19.0. The highest BCUT2D eigenvalue weighted by Crippen LogP contribution is 2.31. The maximum absolute atomic E-state index is 12.7. The number of benzene rings is 1. The molecule has 1 aromatic carbocycles. The molecule has 1 aliphatic rings. The van der Waals surface area contributed by atoms with Crippen LogP contribution in [0, 0.1) is 0 Å². The van der Waals surface area contributed by atoms with Crippen molar-refractivity contribution < 1.29 is 4.79 Å². The Morgan fingerprint density at radius 3 is 2.73 bits per heavy atom. The first-order chi connectivity index (χ1) is 10.6. The van der Waals surface area contributed by atoms with Crippen molar-refractivity contribution in [3.63, 3.8) is 0 Å². The van der Waals surface area contributed by atoms with Crippen LogP contribution in [0.15, 0.2) is 34.2 Å². The highest BCUT2D eigenvalue weighted by atomic mass is 32.2. The monoisotopic (exact) mass is 316 g/mol. The van der Waals surface area contributed by atoms with Crippen LogP contribution in [0.25, 0.3) is 10.9 Å². The molecule has 0 aliphatic heterocycles. The Hall–Kier alpha value is -1.62. The quantitative estimate of drug-likeness (QED) is 0.812. The zero-order valence-electron chi connectivity index (χ0n) is 12.9. The Labute approximate surface area is 133 Å². The van der Waals surface area contributed by atoms with E-state index in [0.717, 1.165) is 19.3 Å². The molecular weight excluding hydrogens is 296 g/mol. The number of rotatable bonds is 3. The number of nitrogens with zero attached hydrogens (tertiary/aromatic N) is 2. The number of ketones is 1. The number of thioether (sulfide) groups is 1. The molecule has 0 spiro atoms. The third-order valence-electron chi connectivity index (χ3n) is 4.04. The molecule has 0 bridgehead atoms. The molecule has 1 aromatic heterocycles. The molecule has 0 radical (unpaired) electrons. The molecule has 1 fully saturated rings. The number of para-hydroxylation sites is 1. The number of aromatic nitrogens is 2. The van der Waals surface area contributed by atoms with Crippen molar-refractivity contribution in [2.24, 2.45) is 0 Å². The summed E-state index contributed by atoms with van der Waals surface area (Å²) in [5.74, 6) is 0.286. The summed E-state index contributed by atoms with van der Waals surface area (Å²) in [7, 11) is 0. The summed E-state index contributed by atoms with van der Waals surface area (Å²) < 4.78 is 1.72. The van der Waals surface area contributed by atoms with Gasteiger partial charge in [-0.05, 0) is 38.8 Å². The number of carbonyl (C=O) groups excluding carboxylic acids is 1. The fraction of sp³-hybridized carbons (Fsp3) is 0.471. The number of hydrogen-bond donors (Lipinski definition) is 0. The van der Waals surface area contributed by atoms with E-state index in [-0.39, 0.29) is 22.6 Å². The maximum atomic E-state index is 12.7. The minimum Gasteiger partial charge on any atom is -0.298 e. The van der Waals surface area contributed by atoms with Crippen molar-refractivity contribution in [2.75, 3.05) is 0 Å². The van der Waals surface area contributed by atoms with Crippen LogP contribution in [-0.4, -0.2) is 20.6 Å². The molecule has 1 aliphatic carbocycles. The predicted molar refractivity (Wildman–Crippen MR) is 89.5 cm³/mol. The lowest BCUT2D eigenvalue weighted by atomic mass is 9.99. The maximum Gasteiger partial charge on any atom is 0.262 e. The van der Waals surface area contributed by atoms with E-state index in [9.17, 15) is 9.59 Å². The van der Waals surface area contributed by atoms with E-state index in [0.29, 0.717) is 22.5 Å². The van der Waals surface area contributed by atoms with E-state index in [4.69, 9.17) is 0 Å². The third kappa shape index (κ3) is 2.82. The van der Waals surface area contributed by atoms with Gasteiger partial charge in [-0.1, -0.05) is 30.3 Å². The van der Waals surface area contributed by atoms with Crippen molar-refractivity contribution in [1.82, 2.24) is 9.55 Å². The van der Waals surface area contributed by atoms with Crippen LogP contribution in [0.5, 0.6) is 0 Å². The topological polar surface area (TPSA) is 52.0 Å². The largest absolute Gasteiger partial charge is 0.298 e. The fourth-order valence-electron chi connectivity index (χ4n) is 2.87. The molecule has 3 rings (SSSR count). The van der Waals surface area contributed by atoms with Gasteiger partial charge in [0, 0.05) is 12.5 Å². The van der Waals surface area contributed by atoms with Crippen LogP contribution in [0.1, 0.15) is 45.6 Å². The summed E-state index contributed by atoms with van der Waals surface area (Å²) in [6, 6.07) is 7.42. The Morgan fingerprint density at radius 2 is 2.00 bits per heavy atom. The first-order valence-corrected chi connectivity index (χ1v) is 8.66. The summed E-state index contributed by atoms with van der Waals surface area (Å²) in [5.41, 5.74) is 0.682. The average molecular weight is 316 g/mol. The van der Waals surface area contributed by atoms with Crippen molar-refractivity contribution in [1.29, 1.82) is 0 Å². The smallest absolute Gasteiger partial charge is 0.262 e. The third-order valence-corrected chi connectivity index (χ3v) is 5.32. The van der Waals surface area contributed by atoms with E-state index in [1.54, 1.807) is 4.57 Å². The minimum absolute atomic E-state index is 0.0193. The molecule has 4 nitrogen and oxygen atoms in total. The lowest BCUT2D eigenvalue weighted by molar-refractivity contribution is -0.119. The van der Waals surface area contributed by atoms with Gasteiger partial charge in [-0.3, -0.25) is 14.2 Å². The van der Waals surface area contributed by atoms with Gasteiger partial charge >= 0.3 is 0 Å². The van der Waals surface area contributed by atoms with Gasteiger partial charge in [0.2, 0.25) is 0 Å². The van der Waals surface area contributed by atoms with Crippen molar-refractivity contribution >= 4 is 28.4 Å². The van der Waals surface area contributed by atoms with Gasteiger partial charge in [0.05, 0.1) is 16.2 Å². The first kappa shape index (κ1) is 15.3. The Morgan fingerprint density at radius 1 is 1.23 bits per heavy atom. The number of hydrogen-bond acceptors (Lipinski definition) is 4. The van der Waals surface area contributed by atoms with Gasteiger partial charge in [-0.2, -0.15) is 0 Å². The molecular formula is C17H20N2O2S. The molecule has 0 unspecified atom stereocenters. The summed E-state index contributed by atoms with van der Waals surface area (Å²) in [6.07, 6.45) is 3.59. The van der Waals surface area contributed by atoms with Gasteiger partial charge in [0.1, 0.15) is 5.78 Å². The molecule has 116 valence electrons. The van der Waals surface area contributed by atoms with Gasteiger partial charge in [-0.25, -0.2) is 4.98 Å². The van der Waals surface area contributed by atoms with Crippen LogP contribution >= 0.6 is 11.8 Å². The van der Waals surface area contributed by atoms with Crippen LogP contribution in [0.2, 0.25) is 0 Å². The van der Waals surface area contributed by atoms with E-state index in [2.05, 4.69) is 4.98 Å². The molecule has 0 amide bonds. The van der Waals surface area contributed by atoms with Crippen molar-refractivity contribution in [2.45, 2.75) is 56.0 Å². The predicted octanol–water partition coefficient (Wildman–Crippen LogP) is 3.58. The second-order valence-corrected chi connectivity index (χ2v) is 7.17. The highest BCUT2D eigenvalue weighted by molar-refractivity contribution is 8.00. The number of carbonyl (C=O) groups is 1. The van der Waals surface area contributed by atoms with Crippen LogP contribution in [0.3, 0.4) is 0 Å². The summed E-state index contributed by atoms with van der Waals surface area (Å²) in [4.78, 5) is 29.5. The molecule has 5 heteroatoms. The highest BCUT2D eigenvalue weighted by Gasteiger charge is 2.26. The SMILES string of the molecule is CC(C)n1c(S[C@@H]2CCCCC2=O)nc2ccccc2c1=O. The lowest BCUT2D eigenvalue weighted by Gasteiger charge is -2.22. The van der Waals surface area contributed by atoms with Crippen molar-refractivity contribution in [3.05, 3.63) is 34.6 Å². The molecule has 1 atom stereocenters. The van der Waals surface area contributed by atoms with Gasteiger partial charge < -0.3 is 0 Å². The zero-order chi connectivity index (χ0) is 15.7. The van der Waals surface area contributed by atoms with Gasteiger partial charge in [0.15, 0.2) is 5.16 Å². The van der Waals surface area contributed by atoms with Crippen LogP contribution in [-0.2, 0) is 4.79 Å². The Bertz CT molecular complexity index is 767. The van der Waals surface area contributed by atoms with Crippen LogP contribution in [0.4, 0.5) is 0 Å². The second-order valence-electron chi connectivity index (χ2n) is 6.00. The van der Waals surface area contributed by atoms with Gasteiger partial charge in [0.25, 0.3) is 5.56 Å².